The molecule has 1 N–H and O–H groups in total. The Bertz CT molecular complexity index is 605. The van der Waals surface area contributed by atoms with Gasteiger partial charge in [0.1, 0.15) is 5.60 Å². The average Bonchev–Trinajstić information content (AvgIpc) is 2.45. The molecule has 1 fully saturated rings. The molecule has 6 nitrogen and oxygen atoms in total. The number of piperazine rings is 1. The van der Waals surface area contributed by atoms with E-state index in [9.17, 15) is 9.59 Å². The van der Waals surface area contributed by atoms with Gasteiger partial charge in [-0.3, -0.25) is 0 Å². The first-order valence-electron chi connectivity index (χ1n) is 7.44. The van der Waals surface area contributed by atoms with Crippen molar-refractivity contribution in [2.75, 3.05) is 31.1 Å². The molecule has 1 aromatic rings. The van der Waals surface area contributed by atoms with Crippen molar-refractivity contribution in [3.63, 3.8) is 0 Å². The van der Waals surface area contributed by atoms with Crippen molar-refractivity contribution in [3.8, 4) is 0 Å². The van der Waals surface area contributed by atoms with Crippen LogP contribution in [0.3, 0.4) is 0 Å². The van der Waals surface area contributed by atoms with Crippen molar-refractivity contribution in [1.29, 1.82) is 0 Å². The smallest absolute Gasteiger partial charge is 0.410 e. The lowest BCUT2D eigenvalue weighted by Crippen LogP contribution is -2.50. The Morgan fingerprint density at radius 2 is 1.78 bits per heavy atom. The third-order valence-electron chi connectivity index (χ3n) is 3.48. The molecule has 1 aliphatic rings. The molecule has 0 spiro atoms. The molecule has 0 bridgehead atoms. The fourth-order valence-electron chi connectivity index (χ4n) is 2.39. The summed E-state index contributed by atoms with van der Waals surface area (Å²) >= 11 is 6.20. The monoisotopic (exact) mass is 340 g/mol. The first kappa shape index (κ1) is 17.4. The number of rotatable bonds is 2. The van der Waals surface area contributed by atoms with Crippen LogP contribution < -0.4 is 4.90 Å². The molecule has 0 radical (unpaired) electrons. The van der Waals surface area contributed by atoms with Gasteiger partial charge in [0, 0.05) is 26.2 Å². The van der Waals surface area contributed by atoms with E-state index < -0.39 is 11.6 Å². The molecule has 0 unspecified atom stereocenters. The van der Waals surface area contributed by atoms with Crippen LogP contribution in [0.5, 0.6) is 0 Å². The molecule has 126 valence electrons. The minimum atomic E-state index is -1.05. The highest BCUT2D eigenvalue weighted by Gasteiger charge is 2.27. The molecular weight excluding hydrogens is 320 g/mol. The van der Waals surface area contributed by atoms with E-state index in [1.165, 1.54) is 6.07 Å². The topological polar surface area (TPSA) is 70.1 Å². The molecular formula is C16H21ClN2O4. The Labute approximate surface area is 140 Å². The van der Waals surface area contributed by atoms with Gasteiger partial charge in [-0.2, -0.15) is 0 Å². The van der Waals surface area contributed by atoms with Gasteiger partial charge < -0.3 is 19.6 Å². The highest BCUT2D eigenvalue weighted by Crippen LogP contribution is 2.30. The molecule has 1 aromatic carbocycles. The minimum absolute atomic E-state index is 0.0822. The fraction of sp³-hybridized carbons (Fsp3) is 0.500. The molecule has 23 heavy (non-hydrogen) atoms. The lowest BCUT2D eigenvalue weighted by atomic mass is 10.1. The summed E-state index contributed by atoms with van der Waals surface area (Å²) in [6.45, 7) is 7.64. The molecule has 1 saturated heterocycles. The summed E-state index contributed by atoms with van der Waals surface area (Å²) in [5.74, 6) is -1.05. The fourth-order valence-corrected chi connectivity index (χ4v) is 2.71. The predicted octanol–water partition coefficient (Wildman–Crippen LogP) is 3.10. The van der Waals surface area contributed by atoms with Crippen LogP contribution in [0.2, 0.25) is 5.02 Å². The summed E-state index contributed by atoms with van der Waals surface area (Å²) in [6.07, 6.45) is -0.331. The normalized spacial score (nSPS) is 15.5. The lowest BCUT2D eigenvalue weighted by molar-refractivity contribution is 0.0240. The number of carboxylic acids is 1. The van der Waals surface area contributed by atoms with Crippen molar-refractivity contribution < 1.29 is 19.4 Å². The Balaban J connectivity index is 2.04. The number of carboxylic acid groups (broad SMARTS) is 1. The number of anilines is 1. The van der Waals surface area contributed by atoms with Crippen LogP contribution in [0.15, 0.2) is 18.2 Å². The van der Waals surface area contributed by atoms with E-state index >= 15 is 0 Å². The summed E-state index contributed by atoms with van der Waals surface area (Å²) < 4.78 is 5.36. The molecule has 2 rings (SSSR count). The molecule has 7 heteroatoms. The van der Waals surface area contributed by atoms with Crippen molar-refractivity contribution in [1.82, 2.24) is 4.90 Å². The van der Waals surface area contributed by atoms with Crippen molar-refractivity contribution in [3.05, 3.63) is 28.8 Å². The number of carbonyl (C=O) groups excluding carboxylic acids is 1. The van der Waals surface area contributed by atoms with Gasteiger partial charge in [-0.25, -0.2) is 9.59 Å². The zero-order chi connectivity index (χ0) is 17.2. The zero-order valence-electron chi connectivity index (χ0n) is 13.5. The van der Waals surface area contributed by atoms with E-state index in [4.69, 9.17) is 21.4 Å². The van der Waals surface area contributed by atoms with E-state index in [1.54, 1.807) is 17.0 Å². The van der Waals surface area contributed by atoms with Gasteiger partial charge in [-0.1, -0.05) is 17.7 Å². The van der Waals surface area contributed by atoms with Gasteiger partial charge >= 0.3 is 12.1 Å². The van der Waals surface area contributed by atoms with Gasteiger partial charge in [0.15, 0.2) is 0 Å². The van der Waals surface area contributed by atoms with E-state index in [2.05, 4.69) is 0 Å². The summed E-state index contributed by atoms with van der Waals surface area (Å²) in [4.78, 5) is 26.8. The maximum absolute atomic E-state index is 12.0. The first-order valence-corrected chi connectivity index (χ1v) is 7.81. The number of carbonyl (C=O) groups is 2. The number of aromatic carboxylic acids is 1. The largest absolute Gasteiger partial charge is 0.478 e. The van der Waals surface area contributed by atoms with Crippen LogP contribution in [0.25, 0.3) is 0 Å². The average molecular weight is 341 g/mol. The third kappa shape index (κ3) is 4.28. The van der Waals surface area contributed by atoms with Crippen molar-refractivity contribution in [2.24, 2.45) is 0 Å². The van der Waals surface area contributed by atoms with Crippen LogP contribution >= 0.6 is 11.6 Å². The molecule has 0 atom stereocenters. The predicted molar refractivity (Wildman–Crippen MR) is 88.4 cm³/mol. The van der Waals surface area contributed by atoms with E-state index in [1.807, 2.05) is 25.7 Å². The van der Waals surface area contributed by atoms with Crippen molar-refractivity contribution in [2.45, 2.75) is 26.4 Å². The van der Waals surface area contributed by atoms with Crippen LogP contribution in [0.4, 0.5) is 10.5 Å². The van der Waals surface area contributed by atoms with Gasteiger partial charge in [0.05, 0.1) is 16.3 Å². The standard InChI is InChI=1S/C16H21ClN2O4/c1-16(2,3)23-15(22)19-9-7-18(8-10-19)12-6-4-5-11(13(12)17)14(20)21/h4-6H,7-10H2,1-3H3,(H,20,21). The van der Waals surface area contributed by atoms with Crippen LogP contribution in [0.1, 0.15) is 31.1 Å². The summed E-state index contributed by atoms with van der Waals surface area (Å²) in [7, 11) is 0. The maximum Gasteiger partial charge on any atom is 0.410 e. The van der Waals surface area contributed by atoms with Gasteiger partial charge in [0.25, 0.3) is 0 Å². The molecule has 0 aromatic heterocycles. The number of benzene rings is 1. The van der Waals surface area contributed by atoms with Crippen LogP contribution in [-0.4, -0.2) is 53.8 Å². The van der Waals surface area contributed by atoms with Crippen molar-refractivity contribution >= 4 is 29.4 Å². The third-order valence-corrected chi connectivity index (χ3v) is 3.88. The number of hydrogen-bond acceptors (Lipinski definition) is 4. The highest BCUT2D eigenvalue weighted by atomic mass is 35.5. The number of ether oxygens (including phenoxy) is 1. The highest BCUT2D eigenvalue weighted by molar-refractivity contribution is 6.36. The Morgan fingerprint density at radius 3 is 2.30 bits per heavy atom. The number of amides is 1. The molecule has 0 saturated carbocycles. The quantitative estimate of drug-likeness (QED) is 0.895. The van der Waals surface area contributed by atoms with E-state index in [-0.39, 0.29) is 16.7 Å². The maximum atomic E-state index is 12.0. The minimum Gasteiger partial charge on any atom is -0.478 e. The van der Waals surface area contributed by atoms with Crippen LogP contribution in [-0.2, 0) is 4.74 Å². The second kappa shape index (κ2) is 6.66. The molecule has 1 aliphatic heterocycles. The Morgan fingerprint density at radius 1 is 1.17 bits per heavy atom. The van der Waals surface area contributed by atoms with Gasteiger partial charge in [0.2, 0.25) is 0 Å². The zero-order valence-corrected chi connectivity index (χ0v) is 14.3. The summed E-state index contributed by atoms with van der Waals surface area (Å²) in [5.41, 5.74) is 0.238. The summed E-state index contributed by atoms with van der Waals surface area (Å²) in [6, 6.07) is 4.94. The van der Waals surface area contributed by atoms with E-state index in [0.717, 1.165) is 0 Å². The number of nitrogens with zero attached hydrogens (tertiary/aromatic N) is 2. The Kier molecular flexibility index (Phi) is 5.04. The SMILES string of the molecule is CC(C)(C)OC(=O)N1CCN(c2cccc(C(=O)O)c2Cl)CC1. The van der Waals surface area contributed by atoms with Crippen LogP contribution in [0, 0.1) is 0 Å². The van der Waals surface area contributed by atoms with Gasteiger partial charge in [-0.05, 0) is 32.9 Å². The molecule has 1 amide bonds. The Hall–Kier alpha value is -1.95. The molecule has 1 heterocycles. The number of hydrogen-bond donors (Lipinski definition) is 1. The van der Waals surface area contributed by atoms with Gasteiger partial charge in [-0.15, -0.1) is 0 Å². The summed E-state index contributed by atoms with van der Waals surface area (Å²) in [5, 5.41) is 9.37. The number of halogens is 1. The molecule has 0 aliphatic carbocycles. The lowest BCUT2D eigenvalue weighted by Gasteiger charge is -2.37. The van der Waals surface area contributed by atoms with E-state index in [0.29, 0.717) is 31.9 Å². The second-order valence-electron chi connectivity index (χ2n) is 6.40. The second-order valence-corrected chi connectivity index (χ2v) is 6.78. The first-order chi connectivity index (χ1) is 10.7.